The van der Waals surface area contributed by atoms with Crippen molar-refractivity contribution in [2.24, 2.45) is 5.41 Å². The molecule has 1 aliphatic rings. The minimum absolute atomic E-state index is 0.550. The third-order valence-corrected chi connectivity index (χ3v) is 2.90. The molecule has 0 saturated carbocycles. The van der Waals surface area contributed by atoms with E-state index < -0.39 is 0 Å². The molecule has 1 unspecified atom stereocenters. The Bertz CT molecular complexity index is 107. The predicted octanol–water partition coefficient (Wildman–Crippen LogP) is 1.74. The summed E-state index contributed by atoms with van der Waals surface area (Å²) in [5, 5.41) is 0. The van der Waals surface area contributed by atoms with Crippen LogP contribution >= 0.6 is 0 Å². The van der Waals surface area contributed by atoms with Crippen LogP contribution in [0.15, 0.2) is 0 Å². The van der Waals surface area contributed by atoms with Gasteiger partial charge >= 0.3 is 0 Å². The van der Waals surface area contributed by atoms with Crippen molar-refractivity contribution in [3.05, 3.63) is 0 Å². The van der Waals surface area contributed by atoms with E-state index in [1.807, 2.05) is 0 Å². The summed E-state index contributed by atoms with van der Waals surface area (Å²) in [4.78, 5) is 2.43. The van der Waals surface area contributed by atoms with Gasteiger partial charge in [-0.15, -0.1) is 0 Å². The molecule has 0 amide bonds. The van der Waals surface area contributed by atoms with Crippen LogP contribution in [-0.2, 0) is 0 Å². The Morgan fingerprint density at radius 2 is 2.00 bits per heavy atom. The smallest absolute Gasteiger partial charge is 0.0115 e. The lowest BCUT2D eigenvalue weighted by atomic mass is 9.86. The number of nitrogens with zero attached hydrogens (tertiary/aromatic N) is 1. The summed E-state index contributed by atoms with van der Waals surface area (Å²) in [6, 6.07) is 0.762. The van der Waals surface area contributed by atoms with Crippen LogP contribution in [0.5, 0.6) is 0 Å². The zero-order valence-electron chi connectivity index (χ0n) is 6.94. The largest absolute Gasteiger partial charge is 0.303 e. The molecule has 1 fully saturated rings. The standard InChI is InChI=1S/C8H17N/c1-7-8(2,3)5-6-9(7)4/h7H,5-6H2,1-4H3. The molecule has 0 aromatic rings. The van der Waals surface area contributed by atoms with Gasteiger partial charge in [0.05, 0.1) is 0 Å². The van der Waals surface area contributed by atoms with Crippen molar-refractivity contribution in [2.75, 3.05) is 13.6 Å². The zero-order valence-corrected chi connectivity index (χ0v) is 6.94. The van der Waals surface area contributed by atoms with Gasteiger partial charge < -0.3 is 4.90 Å². The normalized spacial score (nSPS) is 35.3. The summed E-state index contributed by atoms with van der Waals surface area (Å²) in [6.45, 7) is 8.28. The molecule has 1 rings (SSSR count). The number of hydrogen-bond donors (Lipinski definition) is 0. The molecule has 0 aliphatic carbocycles. The molecule has 1 heteroatoms. The predicted molar refractivity (Wildman–Crippen MR) is 40.5 cm³/mol. The summed E-state index contributed by atoms with van der Waals surface area (Å²) >= 11 is 0. The van der Waals surface area contributed by atoms with Crippen molar-refractivity contribution in [1.29, 1.82) is 0 Å². The first kappa shape index (κ1) is 7.07. The maximum Gasteiger partial charge on any atom is 0.0115 e. The molecule has 0 aromatic heterocycles. The van der Waals surface area contributed by atoms with Crippen molar-refractivity contribution in [1.82, 2.24) is 4.90 Å². The van der Waals surface area contributed by atoms with Crippen LogP contribution < -0.4 is 0 Å². The van der Waals surface area contributed by atoms with Gasteiger partial charge in [0.2, 0.25) is 0 Å². The second-order valence-electron chi connectivity index (χ2n) is 3.90. The molecule has 0 N–H and O–H groups in total. The summed E-state index contributed by atoms with van der Waals surface area (Å²) in [5.41, 5.74) is 0.550. The Morgan fingerprint density at radius 3 is 2.11 bits per heavy atom. The van der Waals surface area contributed by atoms with Gasteiger partial charge in [-0.05, 0) is 32.4 Å². The Balaban J connectivity index is 2.62. The van der Waals surface area contributed by atoms with Crippen molar-refractivity contribution in [3.63, 3.8) is 0 Å². The van der Waals surface area contributed by atoms with Crippen LogP contribution in [-0.4, -0.2) is 24.5 Å². The SMILES string of the molecule is CC1N(C)CCC1(C)C. The van der Waals surface area contributed by atoms with Gasteiger partial charge in [-0.2, -0.15) is 0 Å². The van der Waals surface area contributed by atoms with Gasteiger partial charge in [0.25, 0.3) is 0 Å². The fourth-order valence-electron chi connectivity index (χ4n) is 1.46. The Hall–Kier alpha value is -0.0400. The highest BCUT2D eigenvalue weighted by Crippen LogP contribution is 2.34. The fourth-order valence-corrected chi connectivity index (χ4v) is 1.46. The summed E-state index contributed by atoms with van der Waals surface area (Å²) < 4.78 is 0. The van der Waals surface area contributed by atoms with Crippen LogP contribution in [0.25, 0.3) is 0 Å². The van der Waals surface area contributed by atoms with Crippen molar-refractivity contribution in [3.8, 4) is 0 Å². The molecule has 54 valence electrons. The maximum absolute atomic E-state index is 2.43. The van der Waals surface area contributed by atoms with Gasteiger partial charge in [-0.3, -0.25) is 0 Å². The van der Waals surface area contributed by atoms with Gasteiger partial charge in [0, 0.05) is 6.04 Å². The maximum atomic E-state index is 2.43. The van der Waals surface area contributed by atoms with E-state index in [-0.39, 0.29) is 0 Å². The number of rotatable bonds is 0. The van der Waals surface area contributed by atoms with Crippen LogP contribution in [0, 0.1) is 5.41 Å². The van der Waals surface area contributed by atoms with E-state index >= 15 is 0 Å². The van der Waals surface area contributed by atoms with E-state index in [9.17, 15) is 0 Å². The Labute approximate surface area is 58.0 Å². The second kappa shape index (κ2) is 1.98. The fraction of sp³-hybridized carbons (Fsp3) is 1.00. The van der Waals surface area contributed by atoms with E-state index in [1.165, 1.54) is 13.0 Å². The van der Waals surface area contributed by atoms with Crippen molar-refractivity contribution >= 4 is 0 Å². The highest BCUT2D eigenvalue weighted by Gasteiger charge is 2.34. The average Bonchev–Trinajstić information content (AvgIpc) is 1.97. The molecule has 0 aromatic carbocycles. The van der Waals surface area contributed by atoms with Gasteiger partial charge in [-0.1, -0.05) is 13.8 Å². The van der Waals surface area contributed by atoms with E-state index in [4.69, 9.17) is 0 Å². The van der Waals surface area contributed by atoms with Crippen molar-refractivity contribution in [2.45, 2.75) is 33.2 Å². The summed E-state index contributed by atoms with van der Waals surface area (Å²) in [6.07, 6.45) is 1.35. The molecule has 0 radical (unpaired) electrons. The van der Waals surface area contributed by atoms with Gasteiger partial charge in [0.1, 0.15) is 0 Å². The molecule has 0 bridgehead atoms. The average molecular weight is 127 g/mol. The lowest BCUT2D eigenvalue weighted by Crippen LogP contribution is -2.30. The van der Waals surface area contributed by atoms with Crippen LogP contribution in [0.1, 0.15) is 27.2 Å². The van der Waals surface area contributed by atoms with E-state index in [2.05, 4.69) is 32.7 Å². The third-order valence-electron chi connectivity index (χ3n) is 2.90. The molecule has 1 aliphatic heterocycles. The first-order valence-corrected chi connectivity index (χ1v) is 3.74. The van der Waals surface area contributed by atoms with Crippen molar-refractivity contribution < 1.29 is 0 Å². The van der Waals surface area contributed by atoms with Gasteiger partial charge in [-0.25, -0.2) is 0 Å². The molecular weight excluding hydrogens is 110 g/mol. The third kappa shape index (κ3) is 1.11. The van der Waals surface area contributed by atoms with Crippen LogP contribution in [0.3, 0.4) is 0 Å². The highest BCUT2D eigenvalue weighted by atomic mass is 15.2. The topological polar surface area (TPSA) is 3.24 Å². The molecule has 1 nitrogen and oxygen atoms in total. The van der Waals surface area contributed by atoms with E-state index in [0.717, 1.165) is 6.04 Å². The minimum Gasteiger partial charge on any atom is -0.303 e. The number of likely N-dealkylation sites (tertiary alicyclic amines) is 1. The van der Waals surface area contributed by atoms with Gasteiger partial charge in [0.15, 0.2) is 0 Å². The quantitative estimate of drug-likeness (QED) is 0.479. The van der Waals surface area contributed by atoms with E-state index in [1.54, 1.807) is 0 Å². The first-order valence-electron chi connectivity index (χ1n) is 3.74. The minimum atomic E-state index is 0.550. The molecule has 1 atom stereocenters. The highest BCUT2D eigenvalue weighted by molar-refractivity contribution is 4.88. The first-order chi connectivity index (χ1) is 4.04. The molecule has 0 spiro atoms. The lowest BCUT2D eigenvalue weighted by molar-refractivity contribution is 0.232. The summed E-state index contributed by atoms with van der Waals surface area (Å²) in [5.74, 6) is 0. The van der Waals surface area contributed by atoms with Crippen LogP contribution in [0.2, 0.25) is 0 Å². The number of hydrogen-bond acceptors (Lipinski definition) is 1. The Morgan fingerprint density at radius 1 is 1.44 bits per heavy atom. The molecule has 1 heterocycles. The summed E-state index contributed by atoms with van der Waals surface area (Å²) in [7, 11) is 2.21. The van der Waals surface area contributed by atoms with Crippen LogP contribution in [0.4, 0.5) is 0 Å². The lowest BCUT2D eigenvalue weighted by Gasteiger charge is -2.26. The Kier molecular flexibility index (Phi) is 1.55. The molecule has 9 heavy (non-hydrogen) atoms. The monoisotopic (exact) mass is 127 g/mol. The second-order valence-corrected chi connectivity index (χ2v) is 3.90. The molecule has 1 saturated heterocycles. The van der Waals surface area contributed by atoms with E-state index in [0.29, 0.717) is 5.41 Å². The molecular formula is C8H17N. The zero-order chi connectivity index (χ0) is 7.07.